The minimum atomic E-state index is -0.190. The molecule has 0 aliphatic rings. The lowest BCUT2D eigenvalue weighted by Gasteiger charge is -2.18. The van der Waals surface area contributed by atoms with Gasteiger partial charge in [-0.3, -0.25) is 9.78 Å². The highest BCUT2D eigenvalue weighted by Crippen LogP contribution is 2.28. The van der Waals surface area contributed by atoms with Crippen LogP contribution in [0.5, 0.6) is 0 Å². The molecule has 3 heterocycles. The quantitative estimate of drug-likeness (QED) is 0.751. The molecular formula is C19H22N4O2. The Balaban J connectivity index is 1.99. The summed E-state index contributed by atoms with van der Waals surface area (Å²) in [5.41, 5.74) is 4.51. The van der Waals surface area contributed by atoms with E-state index in [0.29, 0.717) is 5.69 Å². The van der Waals surface area contributed by atoms with Crippen LogP contribution in [-0.4, -0.2) is 15.1 Å². The van der Waals surface area contributed by atoms with Crippen molar-refractivity contribution in [2.24, 2.45) is 0 Å². The van der Waals surface area contributed by atoms with Crippen LogP contribution in [0.15, 0.2) is 39.9 Å². The Bertz CT molecular complexity index is 945. The Hall–Kier alpha value is -2.89. The molecule has 25 heavy (non-hydrogen) atoms. The second-order valence-corrected chi connectivity index (χ2v) is 7.14. The Kier molecular flexibility index (Phi) is 4.20. The van der Waals surface area contributed by atoms with Gasteiger partial charge >= 0.3 is 0 Å². The third kappa shape index (κ3) is 3.47. The first kappa shape index (κ1) is 17.0. The van der Waals surface area contributed by atoms with Gasteiger partial charge in [0.05, 0.1) is 5.69 Å². The molecule has 0 bridgehead atoms. The summed E-state index contributed by atoms with van der Waals surface area (Å²) in [6, 6.07) is 5.61. The summed E-state index contributed by atoms with van der Waals surface area (Å²) in [6.07, 6.45) is 3.42. The lowest BCUT2D eigenvalue weighted by Crippen LogP contribution is -2.15. The fourth-order valence-corrected chi connectivity index (χ4v) is 2.69. The Labute approximate surface area is 146 Å². The maximum absolute atomic E-state index is 12.2. The standard InChI is InChI=1S/C19H22N4O2/c1-11-17(12(2)25-23-11)13-8-15(18(24)21-10-13)22-14-6-7-20-16(9-14)19(3,4)5/h6-10H,1-5H3,(H,20,22)(H,21,24). The Morgan fingerprint density at radius 1 is 1.20 bits per heavy atom. The van der Waals surface area contributed by atoms with Crippen LogP contribution in [0.3, 0.4) is 0 Å². The molecule has 3 aromatic rings. The van der Waals surface area contributed by atoms with Crippen molar-refractivity contribution in [1.82, 2.24) is 15.1 Å². The van der Waals surface area contributed by atoms with E-state index < -0.39 is 0 Å². The highest BCUT2D eigenvalue weighted by molar-refractivity contribution is 5.72. The van der Waals surface area contributed by atoms with Crippen LogP contribution in [0.2, 0.25) is 0 Å². The Morgan fingerprint density at radius 2 is 1.96 bits per heavy atom. The van der Waals surface area contributed by atoms with Crippen LogP contribution >= 0.6 is 0 Å². The lowest BCUT2D eigenvalue weighted by molar-refractivity contribution is 0.393. The molecule has 0 saturated heterocycles. The van der Waals surface area contributed by atoms with Gasteiger partial charge in [-0.2, -0.15) is 0 Å². The number of hydrogen-bond donors (Lipinski definition) is 2. The first-order valence-corrected chi connectivity index (χ1v) is 8.15. The van der Waals surface area contributed by atoms with Gasteiger partial charge in [0.25, 0.3) is 5.56 Å². The second kappa shape index (κ2) is 6.20. The van der Waals surface area contributed by atoms with E-state index in [1.807, 2.05) is 32.0 Å². The summed E-state index contributed by atoms with van der Waals surface area (Å²) in [5, 5.41) is 7.16. The molecule has 6 nitrogen and oxygen atoms in total. The van der Waals surface area contributed by atoms with Crippen LogP contribution in [-0.2, 0) is 5.41 Å². The Morgan fingerprint density at radius 3 is 2.60 bits per heavy atom. The molecular weight excluding hydrogens is 316 g/mol. The van der Waals surface area contributed by atoms with Gasteiger partial charge in [0.1, 0.15) is 11.4 Å². The maximum Gasteiger partial charge on any atom is 0.271 e. The number of aryl methyl sites for hydroxylation is 2. The predicted octanol–water partition coefficient (Wildman–Crippen LogP) is 4.08. The van der Waals surface area contributed by atoms with E-state index in [2.05, 4.69) is 41.2 Å². The number of nitrogens with one attached hydrogen (secondary N) is 2. The van der Waals surface area contributed by atoms with Gasteiger partial charge in [0.2, 0.25) is 0 Å². The molecule has 0 aliphatic heterocycles. The maximum atomic E-state index is 12.2. The lowest BCUT2D eigenvalue weighted by atomic mass is 9.91. The van der Waals surface area contributed by atoms with E-state index in [1.165, 1.54) is 0 Å². The van der Waals surface area contributed by atoms with E-state index in [9.17, 15) is 4.79 Å². The van der Waals surface area contributed by atoms with Gasteiger partial charge in [0.15, 0.2) is 0 Å². The van der Waals surface area contributed by atoms with Crippen molar-refractivity contribution in [3.8, 4) is 11.1 Å². The molecule has 0 aromatic carbocycles. The van der Waals surface area contributed by atoms with Gasteiger partial charge in [-0.25, -0.2) is 0 Å². The minimum absolute atomic E-state index is 0.0668. The molecule has 0 amide bonds. The van der Waals surface area contributed by atoms with E-state index in [1.54, 1.807) is 12.4 Å². The molecule has 3 aromatic heterocycles. The monoisotopic (exact) mass is 338 g/mol. The number of aromatic nitrogens is 3. The summed E-state index contributed by atoms with van der Waals surface area (Å²) in [7, 11) is 0. The van der Waals surface area contributed by atoms with E-state index in [0.717, 1.165) is 34.0 Å². The molecule has 0 aliphatic carbocycles. The summed E-state index contributed by atoms with van der Waals surface area (Å²) in [4.78, 5) is 19.4. The molecule has 0 fully saturated rings. The number of hydrogen-bond acceptors (Lipinski definition) is 5. The zero-order chi connectivity index (χ0) is 18.2. The van der Waals surface area contributed by atoms with Crippen molar-refractivity contribution < 1.29 is 4.52 Å². The molecule has 0 saturated carbocycles. The van der Waals surface area contributed by atoms with Gasteiger partial charge in [-0.15, -0.1) is 0 Å². The average Bonchev–Trinajstić information content (AvgIpc) is 2.88. The number of pyridine rings is 2. The SMILES string of the molecule is Cc1noc(C)c1-c1c[nH]c(=O)c(Nc2ccnc(C(C)(C)C)c2)c1. The summed E-state index contributed by atoms with van der Waals surface area (Å²) in [6.45, 7) is 10.0. The van der Waals surface area contributed by atoms with Crippen LogP contribution < -0.4 is 10.9 Å². The first-order chi connectivity index (χ1) is 11.8. The van der Waals surface area contributed by atoms with Crippen molar-refractivity contribution >= 4 is 11.4 Å². The van der Waals surface area contributed by atoms with Gasteiger partial charge in [-0.05, 0) is 32.0 Å². The van der Waals surface area contributed by atoms with Crippen molar-refractivity contribution in [2.45, 2.75) is 40.0 Å². The number of aromatic amines is 1. The van der Waals surface area contributed by atoms with E-state index in [-0.39, 0.29) is 11.0 Å². The number of anilines is 2. The summed E-state index contributed by atoms with van der Waals surface area (Å²) >= 11 is 0. The third-order valence-electron chi connectivity index (χ3n) is 4.03. The fourth-order valence-electron chi connectivity index (χ4n) is 2.69. The van der Waals surface area contributed by atoms with E-state index in [4.69, 9.17) is 4.52 Å². The zero-order valence-electron chi connectivity index (χ0n) is 15.1. The van der Waals surface area contributed by atoms with Crippen molar-refractivity contribution in [3.05, 3.63) is 58.1 Å². The molecule has 130 valence electrons. The highest BCUT2D eigenvalue weighted by atomic mass is 16.5. The van der Waals surface area contributed by atoms with Crippen molar-refractivity contribution in [2.75, 3.05) is 5.32 Å². The summed E-state index contributed by atoms with van der Waals surface area (Å²) < 4.78 is 5.22. The van der Waals surface area contributed by atoms with Gasteiger partial charge < -0.3 is 14.8 Å². The normalized spacial score (nSPS) is 11.6. The number of nitrogens with zero attached hydrogens (tertiary/aromatic N) is 2. The molecule has 0 radical (unpaired) electrons. The predicted molar refractivity (Wildman–Crippen MR) is 98.3 cm³/mol. The van der Waals surface area contributed by atoms with E-state index >= 15 is 0 Å². The summed E-state index contributed by atoms with van der Waals surface area (Å²) in [5.74, 6) is 0.717. The van der Waals surface area contributed by atoms with Crippen molar-refractivity contribution in [1.29, 1.82) is 0 Å². The smallest absolute Gasteiger partial charge is 0.271 e. The van der Waals surface area contributed by atoms with Crippen LogP contribution in [0.25, 0.3) is 11.1 Å². The van der Waals surface area contributed by atoms with Gasteiger partial charge in [-0.1, -0.05) is 25.9 Å². The molecule has 3 rings (SSSR count). The average molecular weight is 338 g/mol. The first-order valence-electron chi connectivity index (χ1n) is 8.15. The largest absolute Gasteiger partial charge is 0.361 e. The third-order valence-corrected chi connectivity index (χ3v) is 4.03. The molecule has 6 heteroatoms. The van der Waals surface area contributed by atoms with Crippen LogP contribution in [0, 0.1) is 13.8 Å². The minimum Gasteiger partial charge on any atom is -0.361 e. The second-order valence-electron chi connectivity index (χ2n) is 7.14. The van der Waals surface area contributed by atoms with Gasteiger partial charge in [0, 0.05) is 40.3 Å². The molecule has 0 spiro atoms. The molecule has 0 unspecified atom stereocenters. The number of rotatable bonds is 3. The van der Waals surface area contributed by atoms with Crippen molar-refractivity contribution in [3.63, 3.8) is 0 Å². The molecule has 0 atom stereocenters. The topological polar surface area (TPSA) is 83.8 Å². The fraction of sp³-hybridized carbons (Fsp3) is 0.316. The number of H-pyrrole nitrogens is 1. The highest BCUT2D eigenvalue weighted by Gasteiger charge is 2.16. The zero-order valence-corrected chi connectivity index (χ0v) is 15.1. The van der Waals surface area contributed by atoms with Crippen LogP contribution in [0.4, 0.5) is 11.4 Å². The molecule has 2 N–H and O–H groups in total. The van der Waals surface area contributed by atoms with Crippen LogP contribution in [0.1, 0.15) is 37.9 Å².